The monoisotopic (exact) mass is 394 g/mol. The molecule has 0 saturated carbocycles. The Morgan fingerprint density at radius 2 is 1.71 bits per heavy atom. The van der Waals surface area contributed by atoms with Gasteiger partial charge in [-0.2, -0.15) is 13.2 Å². The van der Waals surface area contributed by atoms with E-state index in [1.165, 1.54) is 14.2 Å². The van der Waals surface area contributed by atoms with Gasteiger partial charge < -0.3 is 24.1 Å². The molecule has 1 aromatic rings. The first-order valence-corrected chi connectivity index (χ1v) is 6.68. The largest absolute Gasteiger partial charge is 1.00 e. The fourth-order valence-corrected chi connectivity index (χ4v) is 2.69. The molecule has 0 aliphatic carbocycles. The summed E-state index contributed by atoms with van der Waals surface area (Å²) in [7, 11) is 2.44. The molecule has 0 amide bonds. The summed E-state index contributed by atoms with van der Waals surface area (Å²) in [6, 6.07) is 0. The van der Waals surface area contributed by atoms with Crippen LogP contribution in [0.2, 0.25) is 10.0 Å². The second-order valence-electron chi connectivity index (χ2n) is 4.36. The molecule has 1 aliphatic rings. The molecule has 0 bridgehead atoms. The summed E-state index contributed by atoms with van der Waals surface area (Å²) >= 11 is 12.0. The molecule has 0 N–H and O–H groups in total. The zero-order valence-electron chi connectivity index (χ0n) is 12.6. The summed E-state index contributed by atoms with van der Waals surface area (Å²) in [6.45, 7) is 0. The molecule has 0 radical (unpaired) electrons. The van der Waals surface area contributed by atoms with Gasteiger partial charge in [0.05, 0.1) is 25.2 Å². The Morgan fingerprint density at radius 1 is 1.21 bits per heavy atom. The number of hydrogen-bond donors (Lipinski definition) is 0. The Hall–Kier alpha value is -0.800. The van der Waals surface area contributed by atoms with Crippen molar-refractivity contribution in [3.63, 3.8) is 0 Å². The van der Waals surface area contributed by atoms with Crippen molar-refractivity contribution >= 4 is 35.2 Å². The van der Waals surface area contributed by atoms with E-state index in [1.54, 1.807) is 0 Å². The van der Waals surface area contributed by atoms with Crippen molar-refractivity contribution in [3.8, 4) is 17.2 Å². The van der Waals surface area contributed by atoms with Gasteiger partial charge >= 0.3 is 35.7 Å². The van der Waals surface area contributed by atoms with Crippen molar-refractivity contribution < 1.29 is 66.8 Å². The molecule has 2 rings (SSSR count). The standard InChI is InChI=1S/C13H9Cl2F3O5.Na/c1-21-9-6(14)4-3-5(12(19)20)11(13(16,17)18)23-8(4)7(15)10(9)22-2;/h3,11H,1-2H3,(H,19,20);/q;+1/p-1. The van der Waals surface area contributed by atoms with Gasteiger partial charge in [0.1, 0.15) is 5.02 Å². The Labute approximate surface area is 166 Å². The minimum Gasteiger partial charge on any atom is -0.545 e. The fourth-order valence-electron chi connectivity index (χ4n) is 2.07. The van der Waals surface area contributed by atoms with Crippen LogP contribution < -0.4 is 48.9 Å². The normalized spacial score (nSPS) is 16.3. The Morgan fingerprint density at radius 3 is 2.12 bits per heavy atom. The zero-order chi connectivity index (χ0) is 17.5. The SMILES string of the molecule is COc1c(Cl)c2c(c(Cl)c1OC)OC(C(F)(F)F)C(C(=O)[O-])=C2.[Na+]. The van der Waals surface area contributed by atoms with Crippen LogP contribution in [-0.2, 0) is 4.79 Å². The number of fused-ring (bicyclic) bond motifs is 1. The van der Waals surface area contributed by atoms with Gasteiger partial charge in [0.25, 0.3) is 0 Å². The van der Waals surface area contributed by atoms with Crippen LogP contribution >= 0.6 is 23.2 Å². The van der Waals surface area contributed by atoms with E-state index in [2.05, 4.69) is 0 Å². The second kappa shape index (κ2) is 7.61. The van der Waals surface area contributed by atoms with Crippen molar-refractivity contribution in [2.45, 2.75) is 12.3 Å². The van der Waals surface area contributed by atoms with Gasteiger partial charge in [0.2, 0.25) is 6.10 Å². The van der Waals surface area contributed by atoms with E-state index in [-0.39, 0.29) is 56.7 Å². The van der Waals surface area contributed by atoms with Gasteiger partial charge in [-0.3, -0.25) is 0 Å². The van der Waals surface area contributed by atoms with Gasteiger partial charge in [-0.15, -0.1) is 0 Å². The van der Waals surface area contributed by atoms with Gasteiger partial charge in [0, 0.05) is 11.1 Å². The number of carbonyl (C=O) groups is 1. The number of benzene rings is 1. The minimum atomic E-state index is -4.99. The number of alkyl halides is 3. The van der Waals surface area contributed by atoms with E-state index in [0.29, 0.717) is 6.08 Å². The molecular weight excluding hydrogens is 387 g/mol. The first kappa shape index (κ1) is 21.2. The van der Waals surface area contributed by atoms with Crippen LogP contribution in [0.15, 0.2) is 5.57 Å². The molecule has 1 aliphatic heterocycles. The summed E-state index contributed by atoms with van der Waals surface area (Å²) in [6.07, 6.45) is -7.04. The average Bonchev–Trinajstić information content (AvgIpc) is 2.48. The van der Waals surface area contributed by atoms with Crippen LogP contribution in [-0.4, -0.2) is 32.5 Å². The van der Waals surface area contributed by atoms with Crippen molar-refractivity contribution in [1.29, 1.82) is 0 Å². The van der Waals surface area contributed by atoms with E-state index in [0.717, 1.165) is 0 Å². The number of carboxylic acid groups (broad SMARTS) is 1. The first-order chi connectivity index (χ1) is 10.6. The molecule has 0 spiro atoms. The molecule has 11 heteroatoms. The third-order valence-electron chi connectivity index (χ3n) is 3.04. The number of carboxylic acids is 1. The number of ether oxygens (including phenoxy) is 3. The van der Waals surface area contributed by atoms with Crippen molar-refractivity contribution in [2.75, 3.05) is 14.2 Å². The van der Waals surface area contributed by atoms with Gasteiger partial charge in [-0.05, 0) is 6.08 Å². The molecule has 0 aromatic heterocycles. The maximum atomic E-state index is 13.0. The van der Waals surface area contributed by atoms with Crippen LogP contribution in [0, 0.1) is 0 Å². The quantitative estimate of drug-likeness (QED) is 0.645. The van der Waals surface area contributed by atoms with E-state index in [1.807, 2.05) is 0 Å². The van der Waals surface area contributed by atoms with E-state index >= 15 is 0 Å². The predicted octanol–water partition coefficient (Wildman–Crippen LogP) is -0.529. The topological polar surface area (TPSA) is 67.8 Å². The summed E-state index contributed by atoms with van der Waals surface area (Å²) in [5.41, 5.74) is -1.30. The Balaban J connectivity index is 0.00000288. The third-order valence-corrected chi connectivity index (χ3v) is 3.76. The number of aliphatic carboxylic acids is 1. The van der Waals surface area contributed by atoms with Gasteiger partial charge in [-0.25, -0.2) is 0 Å². The van der Waals surface area contributed by atoms with Crippen LogP contribution in [0.4, 0.5) is 13.2 Å². The van der Waals surface area contributed by atoms with Crippen LogP contribution in [0.1, 0.15) is 5.56 Å². The van der Waals surface area contributed by atoms with Crippen LogP contribution in [0.25, 0.3) is 6.08 Å². The molecule has 126 valence electrons. The van der Waals surface area contributed by atoms with Crippen LogP contribution in [0.5, 0.6) is 17.2 Å². The zero-order valence-corrected chi connectivity index (χ0v) is 16.1. The smallest absolute Gasteiger partial charge is 0.545 e. The van der Waals surface area contributed by atoms with Gasteiger partial charge in [-0.1, -0.05) is 23.2 Å². The molecule has 24 heavy (non-hydrogen) atoms. The number of rotatable bonds is 3. The van der Waals surface area contributed by atoms with E-state index in [9.17, 15) is 23.1 Å². The van der Waals surface area contributed by atoms with Crippen molar-refractivity contribution in [2.24, 2.45) is 0 Å². The number of halogens is 5. The minimum absolute atomic E-state index is 0. The maximum absolute atomic E-state index is 13.0. The predicted molar refractivity (Wildman–Crippen MR) is 73.0 cm³/mol. The summed E-state index contributed by atoms with van der Waals surface area (Å²) in [4.78, 5) is 11.0. The molecule has 5 nitrogen and oxygen atoms in total. The first-order valence-electron chi connectivity index (χ1n) is 5.92. The second-order valence-corrected chi connectivity index (χ2v) is 5.12. The summed E-state index contributed by atoms with van der Waals surface area (Å²) in [5.74, 6) is -2.70. The number of carbonyl (C=O) groups excluding carboxylic acids is 1. The van der Waals surface area contributed by atoms with Crippen LogP contribution in [0.3, 0.4) is 0 Å². The molecule has 1 unspecified atom stereocenters. The number of methoxy groups -OCH3 is 2. The number of hydrogen-bond acceptors (Lipinski definition) is 5. The Kier molecular flexibility index (Phi) is 6.74. The molecule has 0 saturated heterocycles. The molecular formula is C13H8Cl2F3NaO5. The molecule has 0 fully saturated rings. The summed E-state index contributed by atoms with van der Waals surface area (Å²) in [5, 5.41) is 10.5. The molecule has 1 heterocycles. The molecule has 1 aromatic carbocycles. The van der Waals surface area contributed by atoms with E-state index < -0.39 is 29.6 Å². The van der Waals surface area contributed by atoms with Crippen molar-refractivity contribution in [3.05, 3.63) is 21.2 Å². The van der Waals surface area contributed by atoms with Crippen molar-refractivity contribution in [1.82, 2.24) is 0 Å². The Bertz CT molecular complexity index is 706. The maximum Gasteiger partial charge on any atom is 1.00 e. The molecule has 1 atom stereocenters. The van der Waals surface area contributed by atoms with Gasteiger partial charge in [0.15, 0.2) is 17.2 Å². The fraction of sp³-hybridized carbons (Fsp3) is 0.308. The van der Waals surface area contributed by atoms with E-state index in [4.69, 9.17) is 37.4 Å². The summed E-state index contributed by atoms with van der Waals surface area (Å²) < 4.78 is 53.8. The third kappa shape index (κ3) is 3.57. The average molecular weight is 395 g/mol.